The quantitative estimate of drug-likeness (QED) is 0.443. The van der Waals surface area contributed by atoms with E-state index in [2.05, 4.69) is 20.8 Å². The van der Waals surface area contributed by atoms with Gasteiger partial charge in [0.2, 0.25) is 0 Å². The molecule has 1 aromatic heterocycles. The number of thiazole rings is 1. The average molecular weight is 386 g/mol. The molecule has 0 saturated heterocycles. The lowest BCUT2D eigenvalue weighted by atomic mass is 10.1. The van der Waals surface area contributed by atoms with Crippen LogP contribution in [0.3, 0.4) is 0 Å². The second-order valence-corrected chi connectivity index (χ2v) is 6.93. The van der Waals surface area contributed by atoms with E-state index in [1.807, 2.05) is 24.3 Å². The molecule has 0 fully saturated rings. The summed E-state index contributed by atoms with van der Waals surface area (Å²) in [5.74, 6) is -0.941. The molecular weight excluding hydrogens is 367 g/mol. The number of carbonyl (C=O) groups excluding carboxylic acids is 1. The summed E-state index contributed by atoms with van der Waals surface area (Å²) in [6.45, 7) is 3.50. The monoisotopic (exact) mass is 386 g/mol. The zero-order valence-corrected chi connectivity index (χ0v) is 15.7. The molecule has 140 valence electrons. The summed E-state index contributed by atoms with van der Waals surface area (Å²) in [5, 5.41) is 17.6. The predicted octanol–water partition coefficient (Wildman–Crippen LogP) is 3.87. The number of nitrogens with zero attached hydrogens (tertiary/aromatic N) is 2. The van der Waals surface area contributed by atoms with E-state index in [9.17, 15) is 14.3 Å². The highest BCUT2D eigenvalue weighted by molar-refractivity contribution is 7.22. The largest absolute Gasteiger partial charge is 0.507 e. The summed E-state index contributed by atoms with van der Waals surface area (Å²) < 4.78 is 14.5. The summed E-state index contributed by atoms with van der Waals surface area (Å²) in [7, 11) is 0. The third-order valence-corrected chi connectivity index (χ3v) is 4.90. The van der Waals surface area contributed by atoms with Crippen molar-refractivity contribution < 1.29 is 14.3 Å². The van der Waals surface area contributed by atoms with E-state index in [0.29, 0.717) is 17.3 Å². The van der Waals surface area contributed by atoms with E-state index in [0.717, 1.165) is 16.3 Å². The van der Waals surface area contributed by atoms with E-state index in [4.69, 9.17) is 0 Å². The van der Waals surface area contributed by atoms with Gasteiger partial charge in [-0.3, -0.25) is 4.79 Å². The van der Waals surface area contributed by atoms with Gasteiger partial charge in [-0.05, 0) is 43.7 Å². The number of aromatic nitrogens is 1. The number of fused-ring (bicyclic) bond motifs is 1. The molecule has 3 rings (SSSR count). The van der Waals surface area contributed by atoms with Crippen LogP contribution in [0.2, 0.25) is 0 Å². The number of aromatic hydroxyl groups is 1. The molecule has 0 unspecified atom stereocenters. The van der Waals surface area contributed by atoms with Crippen LogP contribution < -0.4 is 10.7 Å². The Morgan fingerprint density at radius 1 is 1.33 bits per heavy atom. The Morgan fingerprint density at radius 3 is 2.85 bits per heavy atom. The lowest BCUT2D eigenvalue weighted by molar-refractivity contribution is -0.121. The molecule has 0 aliphatic heterocycles. The maximum absolute atomic E-state index is 13.4. The van der Waals surface area contributed by atoms with Crippen molar-refractivity contribution in [3.8, 4) is 5.75 Å². The van der Waals surface area contributed by atoms with Crippen LogP contribution in [-0.4, -0.2) is 27.8 Å². The molecule has 3 aromatic rings. The lowest BCUT2D eigenvalue weighted by Gasteiger charge is -2.12. The van der Waals surface area contributed by atoms with Crippen LogP contribution in [0, 0.1) is 5.82 Å². The van der Waals surface area contributed by atoms with Crippen molar-refractivity contribution in [2.75, 3.05) is 5.32 Å². The fraction of sp³-hybridized carbons (Fsp3) is 0.211. The van der Waals surface area contributed by atoms with Crippen LogP contribution in [-0.2, 0) is 4.79 Å². The molecule has 0 bridgehead atoms. The number of hydrogen-bond donors (Lipinski definition) is 3. The summed E-state index contributed by atoms with van der Waals surface area (Å²) in [5.41, 5.74) is 3.96. The number of phenolic OH excluding ortho intramolecular Hbond substituents is 1. The molecule has 1 atom stereocenters. The Kier molecular flexibility index (Phi) is 5.66. The zero-order valence-electron chi connectivity index (χ0n) is 14.9. The Balaban J connectivity index is 1.69. The normalized spacial score (nSPS) is 12.8. The highest BCUT2D eigenvalue weighted by Crippen LogP contribution is 2.25. The standard InChI is InChI=1S/C19H19FN4O2S/c1-3-14(13-10-12(20)8-9-16(13)25)23-24-18(26)11(2)21-19-22-15-6-4-5-7-17(15)27-19/h4-11,25H,3H2,1-2H3,(H,21,22)(H,24,26)/b23-14+/t11-/m0/s1. The summed E-state index contributed by atoms with van der Waals surface area (Å²) in [4.78, 5) is 16.8. The number of anilines is 1. The second kappa shape index (κ2) is 8.13. The van der Waals surface area contributed by atoms with E-state index in [1.165, 1.54) is 23.5 Å². The van der Waals surface area contributed by atoms with E-state index < -0.39 is 11.9 Å². The summed E-state index contributed by atoms with van der Waals surface area (Å²) >= 11 is 1.46. The van der Waals surface area contributed by atoms with Gasteiger partial charge in [0.25, 0.3) is 5.91 Å². The Labute approximate surface area is 159 Å². The minimum Gasteiger partial charge on any atom is -0.507 e. The van der Waals surface area contributed by atoms with E-state index >= 15 is 0 Å². The summed E-state index contributed by atoms with van der Waals surface area (Å²) in [6.07, 6.45) is 0.414. The molecular formula is C19H19FN4O2S. The molecule has 0 aliphatic rings. The lowest BCUT2D eigenvalue weighted by Crippen LogP contribution is -2.35. The maximum atomic E-state index is 13.4. The first kappa shape index (κ1) is 18.8. The third kappa shape index (κ3) is 4.40. The Bertz CT molecular complexity index is 969. The van der Waals surface area contributed by atoms with Gasteiger partial charge in [0.05, 0.1) is 15.9 Å². The molecule has 0 spiro atoms. The van der Waals surface area contributed by atoms with Crippen LogP contribution in [0.4, 0.5) is 9.52 Å². The van der Waals surface area contributed by atoms with Crippen LogP contribution in [0.1, 0.15) is 25.8 Å². The first-order valence-corrected chi connectivity index (χ1v) is 9.27. The topological polar surface area (TPSA) is 86.6 Å². The van der Waals surface area contributed by atoms with Gasteiger partial charge in [0.1, 0.15) is 17.6 Å². The van der Waals surface area contributed by atoms with Crippen molar-refractivity contribution in [2.45, 2.75) is 26.3 Å². The maximum Gasteiger partial charge on any atom is 0.262 e. The van der Waals surface area contributed by atoms with Gasteiger partial charge in [-0.25, -0.2) is 14.8 Å². The molecule has 8 heteroatoms. The van der Waals surface area contributed by atoms with E-state index in [1.54, 1.807) is 13.8 Å². The third-order valence-electron chi connectivity index (χ3n) is 3.93. The zero-order chi connectivity index (χ0) is 19.4. The van der Waals surface area contributed by atoms with Gasteiger partial charge in [0, 0.05) is 5.56 Å². The van der Waals surface area contributed by atoms with Gasteiger partial charge < -0.3 is 10.4 Å². The van der Waals surface area contributed by atoms with Crippen molar-refractivity contribution >= 4 is 38.3 Å². The number of hydrogen-bond acceptors (Lipinski definition) is 6. The molecule has 27 heavy (non-hydrogen) atoms. The van der Waals surface area contributed by atoms with Crippen molar-refractivity contribution in [1.82, 2.24) is 10.4 Å². The minimum absolute atomic E-state index is 0.0908. The predicted molar refractivity (Wildman–Crippen MR) is 106 cm³/mol. The van der Waals surface area contributed by atoms with Crippen molar-refractivity contribution in [3.63, 3.8) is 0 Å². The summed E-state index contributed by atoms with van der Waals surface area (Å²) in [6, 6.07) is 10.7. The number of rotatable bonds is 6. The molecule has 6 nitrogen and oxygen atoms in total. The first-order valence-electron chi connectivity index (χ1n) is 8.45. The molecule has 1 heterocycles. The molecule has 0 aliphatic carbocycles. The smallest absolute Gasteiger partial charge is 0.262 e. The van der Waals surface area contributed by atoms with Crippen LogP contribution in [0.15, 0.2) is 47.6 Å². The molecule has 1 amide bonds. The fourth-order valence-electron chi connectivity index (χ4n) is 2.47. The van der Waals surface area contributed by atoms with Gasteiger partial charge in [0.15, 0.2) is 5.13 Å². The number of hydrazone groups is 1. The molecule has 0 radical (unpaired) electrons. The highest BCUT2D eigenvalue weighted by atomic mass is 32.1. The van der Waals surface area contributed by atoms with Crippen molar-refractivity contribution in [3.05, 3.63) is 53.8 Å². The van der Waals surface area contributed by atoms with Gasteiger partial charge in [-0.2, -0.15) is 5.10 Å². The van der Waals surface area contributed by atoms with Crippen LogP contribution in [0.5, 0.6) is 5.75 Å². The SMILES string of the molecule is CC/C(=N\NC(=O)[C@H](C)Nc1nc2ccccc2s1)c1cc(F)ccc1O. The minimum atomic E-state index is -0.575. The number of amides is 1. The van der Waals surface area contributed by atoms with Crippen molar-refractivity contribution in [2.24, 2.45) is 5.10 Å². The number of nitrogens with one attached hydrogen (secondary N) is 2. The number of carbonyl (C=O) groups is 1. The van der Waals surface area contributed by atoms with Crippen molar-refractivity contribution in [1.29, 1.82) is 0 Å². The van der Waals surface area contributed by atoms with Gasteiger partial charge in [-0.1, -0.05) is 30.4 Å². The number of phenols is 1. The highest BCUT2D eigenvalue weighted by Gasteiger charge is 2.15. The van der Waals surface area contributed by atoms with E-state index in [-0.39, 0.29) is 17.2 Å². The van der Waals surface area contributed by atoms with Gasteiger partial charge in [-0.15, -0.1) is 0 Å². The second-order valence-electron chi connectivity index (χ2n) is 5.90. The fourth-order valence-corrected chi connectivity index (χ4v) is 3.43. The molecule has 3 N–H and O–H groups in total. The van der Waals surface area contributed by atoms with Crippen LogP contribution in [0.25, 0.3) is 10.2 Å². The Hall–Kier alpha value is -3.00. The first-order chi connectivity index (χ1) is 13.0. The molecule has 2 aromatic carbocycles. The molecule has 0 saturated carbocycles. The average Bonchev–Trinajstić information content (AvgIpc) is 3.06. The number of halogens is 1. The Morgan fingerprint density at radius 2 is 2.11 bits per heavy atom. The number of para-hydroxylation sites is 1. The van der Waals surface area contributed by atoms with Gasteiger partial charge >= 0.3 is 0 Å². The van der Waals surface area contributed by atoms with Crippen LogP contribution >= 0.6 is 11.3 Å². The number of benzene rings is 2.